The highest BCUT2D eigenvalue weighted by molar-refractivity contribution is 7.89. The van der Waals surface area contributed by atoms with Crippen LogP contribution in [0.25, 0.3) is 10.9 Å². The fraction of sp³-hybridized carbons (Fsp3) is 0.238. The van der Waals surface area contributed by atoms with Crippen molar-refractivity contribution in [2.24, 2.45) is 5.92 Å². The lowest BCUT2D eigenvalue weighted by Gasteiger charge is -2.31. The first-order valence-electron chi connectivity index (χ1n) is 9.35. The van der Waals surface area contributed by atoms with E-state index in [1.54, 1.807) is 48.7 Å². The second-order valence-electron chi connectivity index (χ2n) is 7.03. The molecule has 0 saturated carbocycles. The molecule has 1 atom stereocenters. The van der Waals surface area contributed by atoms with Gasteiger partial charge in [-0.25, -0.2) is 8.42 Å². The Morgan fingerprint density at radius 2 is 1.93 bits per heavy atom. The Morgan fingerprint density at radius 3 is 2.76 bits per heavy atom. The van der Waals surface area contributed by atoms with E-state index >= 15 is 0 Å². The van der Waals surface area contributed by atoms with Gasteiger partial charge in [0.2, 0.25) is 15.9 Å². The lowest BCUT2D eigenvalue weighted by molar-refractivity contribution is -0.120. The molecule has 0 spiro atoms. The van der Waals surface area contributed by atoms with E-state index in [1.807, 2.05) is 12.1 Å². The second-order valence-corrected chi connectivity index (χ2v) is 9.38. The van der Waals surface area contributed by atoms with Gasteiger partial charge in [-0.05, 0) is 43.2 Å². The molecule has 150 valence electrons. The van der Waals surface area contributed by atoms with Crippen molar-refractivity contribution in [1.29, 1.82) is 0 Å². The van der Waals surface area contributed by atoms with E-state index in [9.17, 15) is 13.2 Å². The number of carbonyl (C=O) groups excluding carboxylic acids is 1. The Labute approximate surface area is 174 Å². The number of halogens is 1. The molecule has 29 heavy (non-hydrogen) atoms. The molecule has 1 N–H and O–H groups in total. The Morgan fingerprint density at radius 1 is 1.14 bits per heavy atom. The van der Waals surface area contributed by atoms with Gasteiger partial charge in [-0.3, -0.25) is 9.78 Å². The van der Waals surface area contributed by atoms with E-state index in [2.05, 4.69) is 10.3 Å². The minimum atomic E-state index is -3.76. The standard InChI is InChI=1S/C21H20ClN3O3S/c22-17-8-2-9-18(13-17)24-21(26)16-7-4-12-25(14-16)29(27,28)19-10-1-5-15-6-3-11-23-20(15)19/h1-3,5-6,8-11,13,16H,4,7,12,14H2,(H,24,26)/t16-/m0/s1. The highest BCUT2D eigenvalue weighted by Gasteiger charge is 2.34. The van der Waals surface area contributed by atoms with Crippen LogP contribution in [0.15, 0.2) is 65.7 Å². The van der Waals surface area contributed by atoms with Crippen molar-refractivity contribution in [3.05, 3.63) is 65.8 Å². The third-order valence-corrected chi connectivity index (χ3v) is 7.19. The van der Waals surface area contributed by atoms with E-state index in [-0.39, 0.29) is 17.3 Å². The zero-order valence-electron chi connectivity index (χ0n) is 15.6. The minimum absolute atomic E-state index is 0.137. The number of amides is 1. The van der Waals surface area contributed by atoms with Gasteiger partial charge in [0.05, 0.1) is 11.4 Å². The summed E-state index contributed by atoms with van der Waals surface area (Å²) in [6.07, 6.45) is 2.83. The van der Waals surface area contributed by atoms with E-state index in [1.165, 1.54) is 4.31 Å². The summed E-state index contributed by atoms with van der Waals surface area (Å²) in [4.78, 5) is 17.1. The van der Waals surface area contributed by atoms with Gasteiger partial charge in [0, 0.05) is 35.4 Å². The first kappa shape index (κ1) is 19.8. The number of hydrogen-bond donors (Lipinski definition) is 1. The summed E-state index contributed by atoms with van der Waals surface area (Å²) in [6, 6.07) is 15.6. The summed E-state index contributed by atoms with van der Waals surface area (Å²) in [5, 5.41) is 4.13. The number of nitrogens with zero attached hydrogens (tertiary/aromatic N) is 2. The number of hydrogen-bond acceptors (Lipinski definition) is 4. The molecular weight excluding hydrogens is 410 g/mol. The molecule has 0 aliphatic carbocycles. The van der Waals surface area contributed by atoms with Crippen LogP contribution in [-0.4, -0.2) is 36.7 Å². The van der Waals surface area contributed by atoms with Crippen molar-refractivity contribution < 1.29 is 13.2 Å². The maximum atomic E-state index is 13.3. The van der Waals surface area contributed by atoms with E-state index in [0.717, 1.165) is 5.39 Å². The predicted octanol–water partition coefficient (Wildman–Crippen LogP) is 3.93. The summed E-state index contributed by atoms with van der Waals surface area (Å²) in [6.45, 7) is 0.518. The lowest BCUT2D eigenvalue weighted by Crippen LogP contribution is -2.43. The molecule has 6 nitrogen and oxygen atoms in total. The van der Waals surface area contributed by atoms with Gasteiger partial charge in [-0.15, -0.1) is 0 Å². The Balaban J connectivity index is 1.56. The van der Waals surface area contributed by atoms with E-state index in [0.29, 0.717) is 35.6 Å². The quantitative estimate of drug-likeness (QED) is 0.681. The number of piperidine rings is 1. The summed E-state index contributed by atoms with van der Waals surface area (Å²) < 4.78 is 28.0. The van der Waals surface area contributed by atoms with Crippen molar-refractivity contribution in [2.45, 2.75) is 17.7 Å². The van der Waals surface area contributed by atoms with Crippen LogP contribution in [0.4, 0.5) is 5.69 Å². The summed E-state index contributed by atoms with van der Waals surface area (Å²) in [5.74, 6) is -0.636. The number of carbonyl (C=O) groups is 1. The van der Waals surface area contributed by atoms with Crippen molar-refractivity contribution >= 4 is 44.1 Å². The zero-order chi connectivity index (χ0) is 20.4. The van der Waals surface area contributed by atoms with Gasteiger partial charge in [0.25, 0.3) is 0 Å². The highest BCUT2D eigenvalue weighted by Crippen LogP contribution is 2.28. The zero-order valence-corrected chi connectivity index (χ0v) is 17.2. The van der Waals surface area contributed by atoms with Crippen molar-refractivity contribution in [1.82, 2.24) is 9.29 Å². The van der Waals surface area contributed by atoms with Crippen LogP contribution in [-0.2, 0) is 14.8 Å². The van der Waals surface area contributed by atoms with Gasteiger partial charge in [0.15, 0.2) is 0 Å². The number of pyridine rings is 1. The molecule has 2 heterocycles. The number of aromatic nitrogens is 1. The number of anilines is 1. The highest BCUT2D eigenvalue weighted by atomic mass is 35.5. The normalized spacial score (nSPS) is 17.9. The molecule has 0 unspecified atom stereocenters. The summed E-state index contributed by atoms with van der Waals surface area (Å²) in [5.41, 5.74) is 1.04. The van der Waals surface area contributed by atoms with Crippen LogP contribution in [0, 0.1) is 5.92 Å². The first-order chi connectivity index (χ1) is 13.9. The van der Waals surface area contributed by atoms with Crippen LogP contribution < -0.4 is 5.32 Å². The van der Waals surface area contributed by atoms with Gasteiger partial charge < -0.3 is 5.32 Å². The summed E-state index contributed by atoms with van der Waals surface area (Å²) >= 11 is 5.97. The Bertz CT molecular complexity index is 1160. The molecule has 2 aromatic carbocycles. The average molecular weight is 430 g/mol. The fourth-order valence-corrected chi connectivity index (χ4v) is 5.49. The Kier molecular flexibility index (Phi) is 5.54. The summed E-state index contributed by atoms with van der Waals surface area (Å²) in [7, 11) is -3.76. The smallest absolute Gasteiger partial charge is 0.245 e. The molecule has 0 bridgehead atoms. The van der Waals surface area contributed by atoms with Gasteiger partial charge >= 0.3 is 0 Å². The van der Waals surface area contributed by atoms with Crippen LogP contribution in [0.1, 0.15) is 12.8 Å². The Hall–Kier alpha value is -2.48. The maximum absolute atomic E-state index is 13.3. The molecule has 1 amide bonds. The monoisotopic (exact) mass is 429 g/mol. The van der Waals surface area contributed by atoms with Crippen LogP contribution in [0.3, 0.4) is 0 Å². The van der Waals surface area contributed by atoms with Crippen LogP contribution in [0.2, 0.25) is 5.02 Å². The van der Waals surface area contributed by atoms with E-state index in [4.69, 9.17) is 11.6 Å². The molecule has 4 rings (SSSR count). The van der Waals surface area contributed by atoms with E-state index < -0.39 is 15.9 Å². The minimum Gasteiger partial charge on any atom is -0.326 e. The van der Waals surface area contributed by atoms with Crippen molar-refractivity contribution in [3.8, 4) is 0 Å². The largest absolute Gasteiger partial charge is 0.326 e. The molecule has 1 aromatic heterocycles. The number of nitrogens with one attached hydrogen (secondary N) is 1. The number of para-hydroxylation sites is 1. The number of rotatable bonds is 4. The van der Waals surface area contributed by atoms with Gasteiger partial charge in [-0.2, -0.15) is 4.31 Å². The van der Waals surface area contributed by atoms with Crippen molar-refractivity contribution in [3.63, 3.8) is 0 Å². The topological polar surface area (TPSA) is 79.4 Å². The van der Waals surface area contributed by atoms with Gasteiger partial charge in [-0.1, -0.05) is 35.9 Å². The molecule has 1 saturated heterocycles. The molecule has 8 heteroatoms. The van der Waals surface area contributed by atoms with Gasteiger partial charge in [0.1, 0.15) is 4.90 Å². The molecule has 1 fully saturated rings. The third-order valence-electron chi connectivity index (χ3n) is 5.06. The molecule has 3 aromatic rings. The molecule has 1 aliphatic rings. The molecular formula is C21H20ClN3O3S. The first-order valence-corrected chi connectivity index (χ1v) is 11.2. The second kappa shape index (κ2) is 8.10. The number of sulfonamides is 1. The maximum Gasteiger partial charge on any atom is 0.245 e. The number of fused-ring (bicyclic) bond motifs is 1. The molecule has 1 aliphatic heterocycles. The lowest BCUT2D eigenvalue weighted by atomic mass is 9.99. The van der Waals surface area contributed by atoms with Crippen molar-refractivity contribution in [2.75, 3.05) is 18.4 Å². The SMILES string of the molecule is O=C(Nc1cccc(Cl)c1)[C@H]1CCCN(S(=O)(=O)c2cccc3cccnc23)C1. The molecule has 0 radical (unpaired) electrons. The van der Waals surface area contributed by atoms with Crippen LogP contribution >= 0.6 is 11.6 Å². The number of benzene rings is 2. The predicted molar refractivity (Wildman–Crippen MR) is 113 cm³/mol. The average Bonchev–Trinajstić information content (AvgIpc) is 2.73. The fourth-order valence-electron chi connectivity index (χ4n) is 3.61. The third kappa shape index (κ3) is 4.12. The van der Waals surface area contributed by atoms with Crippen LogP contribution in [0.5, 0.6) is 0 Å².